The van der Waals surface area contributed by atoms with Gasteiger partial charge in [0.1, 0.15) is 0 Å². The lowest BCUT2D eigenvalue weighted by Crippen LogP contribution is -2.35. The molecule has 0 radical (unpaired) electrons. The molecule has 1 fully saturated rings. The van der Waals surface area contributed by atoms with Crippen LogP contribution in [0.1, 0.15) is 61.0 Å². The lowest BCUT2D eigenvalue weighted by atomic mass is 9.75. The van der Waals surface area contributed by atoms with Crippen LogP contribution in [-0.4, -0.2) is 11.9 Å². The number of nitrogens with two attached hydrogens (primary N) is 1. The van der Waals surface area contributed by atoms with E-state index >= 15 is 0 Å². The van der Waals surface area contributed by atoms with E-state index in [-0.39, 0.29) is 5.91 Å². The van der Waals surface area contributed by atoms with Gasteiger partial charge in [-0.2, -0.15) is 0 Å². The van der Waals surface area contributed by atoms with Crippen LogP contribution in [0.4, 0.5) is 0 Å². The van der Waals surface area contributed by atoms with E-state index in [4.69, 9.17) is 5.73 Å². The number of hydrogen-bond acceptors (Lipinski definition) is 2. The van der Waals surface area contributed by atoms with Gasteiger partial charge in [-0.1, -0.05) is 44.2 Å². The molecule has 3 rings (SSSR count). The number of amides is 1. The zero-order chi connectivity index (χ0) is 18.7. The number of primary amides is 1. The summed E-state index contributed by atoms with van der Waals surface area (Å²) in [6.07, 6.45) is 5.14. The monoisotopic (exact) mass is 350 g/mol. The summed E-state index contributed by atoms with van der Waals surface area (Å²) in [6, 6.07) is 14.7. The average molecular weight is 351 g/mol. The van der Waals surface area contributed by atoms with Crippen LogP contribution < -0.4 is 11.1 Å². The zero-order valence-electron chi connectivity index (χ0n) is 16.1. The molecule has 26 heavy (non-hydrogen) atoms. The van der Waals surface area contributed by atoms with Gasteiger partial charge in [-0.05, 0) is 72.4 Å². The summed E-state index contributed by atoms with van der Waals surface area (Å²) in [5.41, 5.74) is 11.2. The predicted molar refractivity (Wildman–Crippen MR) is 108 cm³/mol. The minimum absolute atomic E-state index is 0.389. The Kier molecular flexibility index (Phi) is 5.47. The molecular formula is C23H30N2O. The molecule has 1 amide bonds. The number of rotatable bonds is 5. The van der Waals surface area contributed by atoms with Crippen molar-refractivity contribution in [2.45, 2.75) is 59.0 Å². The number of carbonyl (C=O) groups is 1. The largest absolute Gasteiger partial charge is 0.366 e. The second kappa shape index (κ2) is 7.63. The third-order valence-electron chi connectivity index (χ3n) is 5.74. The molecule has 2 aromatic carbocycles. The molecule has 0 spiro atoms. The van der Waals surface area contributed by atoms with Crippen LogP contribution in [0, 0.1) is 12.3 Å². The molecule has 0 heterocycles. The van der Waals surface area contributed by atoms with Gasteiger partial charge in [0.15, 0.2) is 0 Å². The highest BCUT2D eigenvalue weighted by Gasteiger charge is 2.26. The maximum absolute atomic E-state index is 11.4. The summed E-state index contributed by atoms with van der Waals surface area (Å²) in [5.74, 6) is -0.389. The molecule has 3 nitrogen and oxygen atoms in total. The SMILES string of the molecule is Cc1cc(-c2cccc(C(N)=O)c2)ccc1CNC1CCC(C)(C)CC1. The van der Waals surface area contributed by atoms with E-state index in [1.807, 2.05) is 18.2 Å². The average Bonchev–Trinajstić information content (AvgIpc) is 2.61. The predicted octanol–water partition coefficient (Wildman–Crippen LogP) is 4.82. The molecule has 1 saturated carbocycles. The Labute approximate surface area is 157 Å². The summed E-state index contributed by atoms with van der Waals surface area (Å²) < 4.78 is 0. The number of nitrogens with one attached hydrogen (secondary N) is 1. The number of hydrogen-bond donors (Lipinski definition) is 2. The van der Waals surface area contributed by atoms with Gasteiger partial charge in [-0.15, -0.1) is 0 Å². The third kappa shape index (κ3) is 4.53. The van der Waals surface area contributed by atoms with Gasteiger partial charge >= 0.3 is 0 Å². The Morgan fingerprint density at radius 3 is 2.46 bits per heavy atom. The van der Waals surface area contributed by atoms with Crippen LogP contribution in [-0.2, 0) is 6.54 Å². The van der Waals surface area contributed by atoms with Crippen molar-refractivity contribution in [2.24, 2.45) is 11.1 Å². The molecule has 1 aliphatic rings. The van der Waals surface area contributed by atoms with Crippen molar-refractivity contribution in [3.8, 4) is 11.1 Å². The van der Waals surface area contributed by atoms with Gasteiger partial charge in [0.05, 0.1) is 0 Å². The van der Waals surface area contributed by atoms with E-state index in [1.54, 1.807) is 6.07 Å². The molecule has 1 aliphatic carbocycles. The van der Waals surface area contributed by atoms with Crippen molar-refractivity contribution in [3.05, 3.63) is 59.2 Å². The highest BCUT2D eigenvalue weighted by molar-refractivity contribution is 5.94. The second-order valence-corrected chi connectivity index (χ2v) is 8.41. The van der Waals surface area contributed by atoms with E-state index in [2.05, 4.69) is 44.3 Å². The topological polar surface area (TPSA) is 55.1 Å². The standard InChI is InChI=1S/C23H30N2O/c1-16-13-18(17-5-4-6-19(14-17)22(24)26)7-8-20(16)15-25-21-9-11-23(2,3)12-10-21/h4-8,13-14,21,25H,9-12,15H2,1-3H3,(H2,24,26). The first-order valence-electron chi connectivity index (χ1n) is 9.57. The number of carbonyl (C=O) groups excluding carboxylic acids is 1. The molecule has 0 unspecified atom stereocenters. The Morgan fingerprint density at radius 1 is 1.12 bits per heavy atom. The smallest absolute Gasteiger partial charge is 0.248 e. The van der Waals surface area contributed by atoms with Crippen LogP contribution in [0.25, 0.3) is 11.1 Å². The van der Waals surface area contributed by atoms with Crippen LogP contribution in [0.3, 0.4) is 0 Å². The third-order valence-corrected chi connectivity index (χ3v) is 5.74. The van der Waals surface area contributed by atoms with E-state index in [9.17, 15) is 4.79 Å². The summed E-state index contributed by atoms with van der Waals surface area (Å²) in [7, 11) is 0. The molecule has 3 N–H and O–H groups in total. The van der Waals surface area contributed by atoms with E-state index in [0.29, 0.717) is 17.0 Å². The van der Waals surface area contributed by atoms with Gasteiger partial charge < -0.3 is 11.1 Å². The Hall–Kier alpha value is -2.13. The lowest BCUT2D eigenvalue weighted by molar-refractivity contribution is 0.100. The van der Waals surface area contributed by atoms with Crippen molar-refractivity contribution < 1.29 is 4.79 Å². The summed E-state index contributed by atoms with van der Waals surface area (Å²) in [5, 5.41) is 3.74. The second-order valence-electron chi connectivity index (χ2n) is 8.41. The van der Waals surface area contributed by atoms with Crippen molar-refractivity contribution >= 4 is 5.91 Å². The van der Waals surface area contributed by atoms with E-state index < -0.39 is 0 Å². The summed E-state index contributed by atoms with van der Waals surface area (Å²) in [6.45, 7) is 7.82. The number of aryl methyl sites for hydroxylation is 1. The van der Waals surface area contributed by atoms with Crippen LogP contribution in [0.5, 0.6) is 0 Å². The molecule has 0 aliphatic heterocycles. The Morgan fingerprint density at radius 2 is 1.81 bits per heavy atom. The van der Waals surface area contributed by atoms with Crippen LogP contribution in [0.2, 0.25) is 0 Å². The first-order valence-corrected chi connectivity index (χ1v) is 9.57. The fourth-order valence-corrected chi connectivity index (χ4v) is 3.78. The van der Waals surface area contributed by atoms with Crippen molar-refractivity contribution in [3.63, 3.8) is 0 Å². The molecular weight excluding hydrogens is 320 g/mol. The Bertz CT molecular complexity index is 785. The maximum atomic E-state index is 11.4. The fourth-order valence-electron chi connectivity index (χ4n) is 3.78. The zero-order valence-corrected chi connectivity index (χ0v) is 16.1. The van der Waals surface area contributed by atoms with Gasteiger partial charge in [-0.25, -0.2) is 0 Å². The molecule has 2 aromatic rings. The molecule has 0 atom stereocenters. The lowest BCUT2D eigenvalue weighted by Gasteiger charge is -2.34. The highest BCUT2D eigenvalue weighted by Crippen LogP contribution is 2.35. The minimum Gasteiger partial charge on any atom is -0.366 e. The van der Waals surface area contributed by atoms with Crippen LogP contribution in [0.15, 0.2) is 42.5 Å². The van der Waals surface area contributed by atoms with Crippen molar-refractivity contribution in [1.82, 2.24) is 5.32 Å². The molecule has 138 valence electrons. The molecule has 0 aromatic heterocycles. The first kappa shape index (κ1) is 18.7. The number of benzene rings is 2. The molecule has 0 saturated heterocycles. The fraction of sp³-hybridized carbons (Fsp3) is 0.435. The maximum Gasteiger partial charge on any atom is 0.248 e. The van der Waals surface area contributed by atoms with Crippen LogP contribution >= 0.6 is 0 Å². The first-order chi connectivity index (χ1) is 12.3. The van der Waals surface area contributed by atoms with E-state index in [0.717, 1.165) is 17.7 Å². The van der Waals surface area contributed by atoms with Gasteiger partial charge in [-0.3, -0.25) is 4.79 Å². The summed E-state index contributed by atoms with van der Waals surface area (Å²) in [4.78, 5) is 11.4. The van der Waals surface area contributed by atoms with Gasteiger partial charge in [0, 0.05) is 18.2 Å². The molecule has 3 heteroatoms. The van der Waals surface area contributed by atoms with Crippen molar-refractivity contribution in [2.75, 3.05) is 0 Å². The van der Waals surface area contributed by atoms with Gasteiger partial charge in [0.2, 0.25) is 5.91 Å². The normalized spacial score (nSPS) is 17.2. The molecule has 0 bridgehead atoms. The minimum atomic E-state index is -0.389. The highest BCUT2D eigenvalue weighted by atomic mass is 16.1. The Balaban J connectivity index is 1.66. The van der Waals surface area contributed by atoms with Gasteiger partial charge in [0.25, 0.3) is 0 Å². The van der Waals surface area contributed by atoms with E-state index in [1.165, 1.54) is 36.8 Å². The quantitative estimate of drug-likeness (QED) is 0.812. The van der Waals surface area contributed by atoms with Crippen molar-refractivity contribution in [1.29, 1.82) is 0 Å². The summed E-state index contributed by atoms with van der Waals surface area (Å²) >= 11 is 0.